The van der Waals surface area contributed by atoms with Crippen molar-refractivity contribution >= 4 is 17.5 Å². The summed E-state index contributed by atoms with van der Waals surface area (Å²) in [4.78, 5) is 31.7. The lowest BCUT2D eigenvalue weighted by Gasteiger charge is -2.32. The molecule has 2 amide bonds. The molecule has 0 spiro atoms. The second kappa shape index (κ2) is 6.31. The number of aryl methyl sites for hydroxylation is 1. The van der Waals surface area contributed by atoms with Crippen molar-refractivity contribution < 1.29 is 9.59 Å². The Morgan fingerprint density at radius 2 is 2.00 bits per heavy atom. The zero-order valence-corrected chi connectivity index (χ0v) is 14.1. The second-order valence-electron chi connectivity index (χ2n) is 6.82. The SMILES string of the molecule is O=C(NCc1cccnc1)C1(C(=O)N2CCCc3ccccc32)CC1. The molecule has 2 aromatic rings. The molecule has 1 aromatic heterocycles. The summed E-state index contributed by atoms with van der Waals surface area (Å²) in [7, 11) is 0. The Bertz CT molecular complexity index is 800. The van der Waals surface area contributed by atoms with Crippen molar-refractivity contribution in [2.75, 3.05) is 11.4 Å². The third kappa shape index (κ3) is 2.90. The standard InChI is InChI=1S/C20H21N3O2/c24-18(22-14-15-5-3-11-21-13-15)20(9-10-20)19(25)23-12-4-7-16-6-1-2-8-17(16)23/h1-3,5-6,8,11,13H,4,7,9-10,12,14H2,(H,22,24). The summed E-state index contributed by atoms with van der Waals surface area (Å²) < 4.78 is 0. The Balaban J connectivity index is 1.49. The monoisotopic (exact) mass is 335 g/mol. The Morgan fingerprint density at radius 3 is 2.76 bits per heavy atom. The second-order valence-corrected chi connectivity index (χ2v) is 6.82. The van der Waals surface area contributed by atoms with Gasteiger partial charge < -0.3 is 10.2 Å². The molecule has 25 heavy (non-hydrogen) atoms. The van der Waals surface area contributed by atoms with E-state index in [1.165, 1.54) is 5.56 Å². The van der Waals surface area contributed by atoms with E-state index in [9.17, 15) is 9.59 Å². The van der Waals surface area contributed by atoms with Crippen LogP contribution in [0.15, 0.2) is 48.8 Å². The van der Waals surface area contributed by atoms with E-state index < -0.39 is 5.41 Å². The van der Waals surface area contributed by atoms with Crippen LogP contribution in [0.3, 0.4) is 0 Å². The summed E-state index contributed by atoms with van der Waals surface area (Å²) in [5, 5.41) is 2.92. The molecule has 1 aliphatic carbocycles. The number of amides is 2. The van der Waals surface area contributed by atoms with Crippen LogP contribution in [0.1, 0.15) is 30.4 Å². The molecule has 0 atom stereocenters. The van der Waals surface area contributed by atoms with E-state index in [1.807, 2.05) is 35.2 Å². The van der Waals surface area contributed by atoms with Gasteiger partial charge in [-0.1, -0.05) is 24.3 Å². The van der Waals surface area contributed by atoms with Gasteiger partial charge in [-0.3, -0.25) is 14.6 Å². The molecule has 4 rings (SSSR count). The molecule has 1 aromatic carbocycles. The molecule has 0 radical (unpaired) electrons. The van der Waals surface area contributed by atoms with Crippen LogP contribution < -0.4 is 10.2 Å². The third-order valence-corrected chi connectivity index (χ3v) is 5.13. The number of fused-ring (bicyclic) bond motifs is 1. The Morgan fingerprint density at radius 1 is 1.16 bits per heavy atom. The number of pyridine rings is 1. The Hall–Kier alpha value is -2.69. The molecule has 1 aliphatic heterocycles. The fourth-order valence-electron chi connectivity index (χ4n) is 3.52. The van der Waals surface area contributed by atoms with Gasteiger partial charge in [0.25, 0.3) is 0 Å². The first-order chi connectivity index (χ1) is 12.2. The maximum absolute atomic E-state index is 13.2. The van der Waals surface area contributed by atoms with Gasteiger partial charge >= 0.3 is 0 Å². The molecule has 1 saturated carbocycles. The van der Waals surface area contributed by atoms with Gasteiger partial charge in [-0.25, -0.2) is 0 Å². The zero-order valence-electron chi connectivity index (χ0n) is 14.1. The molecule has 5 heteroatoms. The normalized spacial score (nSPS) is 17.5. The van der Waals surface area contributed by atoms with Crippen molar-refractivity contribution in [3.8, 4) is 0 Å². The highest BCUT2D eigenvalue weighted by molar-refractivity contribution is 6.14. The number of aromatic nitrogens is 1. The van der Waals surface area contributed by atoms with E-state index in [0.29, 0.717) is 25.9 Å². The number of nitrogens with zero attached hydrogens (tertiary/aromatic N) is 2. The van der Waals surface area contributed by atoms with Crippen molar-refractivity contribution in [3.63, 3.8) is 0 Å². The van der Waals surface area contributed by atoms with Crippen molar-refractivity contribution in [1.82, 2.24) is 10.3 Å². The van der Waals surface area contributed by atoms with E-state index in [4.69, 9.17) is 0 Å². The molecule has 1 fully saturated rings. The van der Waals surface area contributed by atoms with Crippen LogP contribution in [0.25, 0.3) is 0 Å². The van der Waals surface area contributed by atoms with Crippen LogP contribution in [0.2, 0.25) is 0 Å². The van der Waals surface area contributed by atoms with Crippen molar-refractivity contribution in [2.45, 2.75) is 32.2 Å². The van der Waals surface area contributed by atoms with Crippen LogP contribution in [-0.2, 0) is 22.6 Å². The number of carbonyl (C=O) groups is 2. The van der Waals surface area contributed by atoms with Gasteiger partial charge in [-0.2, -0.15) is 0 Å². The minimum atomic E-state index is -0.882. The summed E-state index contributed by atoms with van der Waals surface area (Å²) >= 11 is 0. The van der Waals surface area contributed by atoms with Gasteiger partial charge in [0.2, 0.25) is 11.8 Å². The maximum Gasteiger partial charge on any atom is 0.242 e. The number of nitrogens with one attached hydrogen (secondary N) is 1. The van der Waals surface area contributed by atoms with Crippen molar-refractivity contribution in [3.05, 3.63) is 59.9 Å². The van der Waals surface area contributed by atoms with Gasteiger partial charge in [-0.15, -0.1) is 0 Å². The number of benzene rings is 1. The summed E-state index contributed by atoms with van der Waals surface area (Å²) in [5.41, 5.74) is 2.20. The summed E-state index contributed by atoms with van der Waals surface area (Å²) in [6.45, 7) is 1.09. The number of hydrogen-bond donors (Lipinski definition) is 1. The maximum atomic E-state index is 13.2. The van der Waals surface area contributed by atoms with Gasteiger partial charge in [-0.05, 0) is 48.9 Å². The molecule has 5 nitrogen and oxygen atoms in total. The molecule has 0 saturated heterocycles. The van der Waals surface area contributed by atoms with E-state index in [2.05, 4.69) is 16.4 Å². The van der Waals surface area contributed by atoms with Crippen molar-refractivity contribution in [1.29, 1.82) is 0 Å². The predicted octanol–water partition coefficient (Wildman–Crippen LogP) is 2.46. The Labute approximate surface area is 147 Å². The van der Waals surface area contributed by atoms with Crippen LogP contribution in [-0.4, -0.2) is 23.3 Å². The summed E-state index contributed by atoms with van der Waals surface area (Å²) in [6.07, 6.45) is 6.61. The topological polar surface area (TPSA) is 62.3 Å². The predicted molar refractivity (Wildman–Crippen MR) is 94.9 cm³/mol. The van der Waals surface area contributed by atoms with Gasteiger partial charge in [0.15, 0.2) is 0 Å². The molecule has 0 unspecified atom stereocenters. The molecular weight excluding hydrogens is 314 g/mol. The smallest absolute Gasteiger partial charge is 0.242 e. The first-order valence-corrected chi connectivity index (χ1v) is 8.78. The van der Waals surface area contributed by atoms with Crippen LogP contribution >= 0.6 is 0 Å². The van der Waals surface area contributed by atoms with Gasteiger partial charge in [0.05, 0.1) is 0 Å². The summed E-state index contributed by atoms with van der Waals surface area (Å²) in [6, 6.07) is 11.7. The number of carbonyl (C=O) groups excluding carboxylic acids is 2. The first-order valence-electron chi connectivity index (χ1n) is 8.78. The van der Waals surface area contributed by atoms with Crippen LogP contribution in [0, 0.1) is 5.41 Å². The van der Waals surface area contributed by atoms with Crippen LogP contribution in [0.4, 0.5) is 5.69 Å². The molecule has 1 N–H and O–H groups in total. The molecule has 2 heterocycles. The molecule has 128 valence electrons. The van der Waals surface area contributed by atoms with E-state index in [1.54, 1.807) is 12.4 Å². The minimum Gasteiger partial charge on any atom is -0.351 e. The van der Waals surface area contributed by atoms with Crippen LogP contribution in [0.5, 0.6) is 0 Å². The highest BCUT2D eigenvalue weighted by Crippen LogP contribution is 2.49. The highest BCUT2D eigenvalue weighted by Gasteiger charge is 2.58. The third-order valence-electron chi connectivity index (χ3n) is 5.13. The highest BCUT2D eigenvalue weighted by atomic mass is 16.2. The number of rotatable bonds is 4. The quantitative estimate of drug-likeness (QED) is 0.873. The first kappa shape index (κ1) is 15.8. The minimum absolute atomic E-state index is 0.0525. The largest absolute Gasteiger partial charge is 0.351 e. The molecular formula is C20H21N3O2. The Kier molecular flexibility index (Phi) is 3.99. The fraction of sp³-hybridized carbons (Fsp3) is 0.350. The number of para-hydroxylation sites is 1. The van der Waals surface area contributed by atoms with Gasteiger partial charge in [0, 0.05) is 31.2 Å². The molecule has 0 bridgehead atoms. The lowest BCUT2D eigenvalue weighted by molar-refractivity contribution is -0.135. The number of hydrogen-bond acceptors (Lipinski definition) is 3. The zero-order chi connectivity index (χ0) is 17.3. The summed E-state index contributed by atoms with van der Waals surface area (Å²) in [5.74, 6) is -0.215. The lowest BCUT2D eigenvalue weighted by atomic mass is 9.97. The lowest BCUT2D eigenvalue weighted by Crippen LogP contribution is -2.47. The number of anilines is 1. The van der Waals surface area contributed by atoms with Crippen molar-refractivity contribution in [2.24, 2.45) is 5.41 Å². The van der Waals surface area contributed by atoms with E-state index >= 15 is 0 Å². The average Bonchev–Trinajstić information content (AvgIpc) is 3.48. The average molecular weight is 335 g/mol. The van der Waals surface area contributed by atoms with E-state index in [0.717, 1.165) is 24.1 Å². The molecule has 2 aliphatic rings. The van der Waals surface area contributed by atoms with Gasteiger partial charge in [0.1, 0.15) is 5.41 Å². The fourth-order valence-corrected chi connectivity index (χ4v) is 3.52. The van der Waals surface area contributed by atoms with E-state index in [-0.39, 0.29) is 11.8 Å².